The number of nitrogens with one attached hydrogen (secondary N) is 3. The van der Waals surface area contributed by atoms with Crippen molar-refractivity contribution in [1.82, 2.24) is 10.1 Å². The minimum Gasteiger partial charge on any atom is -0.476 e. The second-order valence-corrected chi connectivity index (χ2v) is 8.54. The summed E-state index contributed by atoms with van der Waals surface area (Å²) in [5.41, 5.74) is -1.43. The van der Waals surface area contributed by atoms with Gasteiger partial charge >= 0.3 is 12.2 Å². The van der Waals surface area contributed by atoms with Gasteiger partial charge in [0.25, 0.3) is 5.91 Å². The molecule has 2 aromatic heterocycles. The molecule has 1 aromatic carbocycles. The van der Waals surface area contributed by atoms with E-state index in [0.717, 1.165) is 12.1 Å². The van der Waals surface area contributed by atoms with E-state index in [1.165, 1.54) is 24.4 Å². The quantitative estimate of drug-likeness (QED) is 0.460. The van der Waals surface area contributed by atoms with Crippen LogP contribution in [-0.2, 0) is 16.4 Å². The smallest absolute Gasteiger partial charge is 0.418 e. The monoisotopic (exact) mass is 491 g/mol. The molecule has 1 aliphatic heterocycles. The van der Waals surface area contributed by atoms with Crippen molar-refractivity contribution in [3.05, 3.63) is 47.8 Å². The maximum atomic E-state index is 13.8. The molecule has 0 unspecified atom stereocenters. The van der Waals surface area contributed by atoms with Crippen LogP contribution >= 0.6 is 0 Å². The van der Waals surface area contributed by atoms with Crippen molar-refractivity contribution >= 4 is 29.3 Å². The van der Waals surface area contributed by atoms with E-state index in [9.17, 15) is 22.8 Å². The number of rotatable bonds is 4. The second kappa shape index (κ2) is 8.81. The molecule has 0 fully saturated rings. The molecule has 35 heavy (non-hydrogen) atoms. The molecule has 0 bridgehead atoms. The first-order chi connectivity index (χ1) is 16.4. The fourth-order valence-corrected chi connectivity index (χ4v) is 3.06. The van der Waals surface area contributed by atoms with Crippen LogP contribution in [0.1, 0.15) is 32.0 Å². The highest BCUT2D eigenvalue weighted by atomic mass is 19.4. The highest BCUT2D eigenvalue weighted by Crippen LogP contribution is 2.41. The zero-order chi connectivity index (χ0) is 25.4. The van der Waals surface area contributed by atoms with Crippen LogP contribution in [-0.4, -0.2) is 28.7 Å². The van der Waals surface area contributed by atoms with Gasteiger partial charge in [-0.2, -0.15) is 13.2 Å². The lowest BCUT2D eigenvalue weighted by atomic mass is 9.92. The summed E-state index contributed by atoms with van der Waals surface area (Å²) in [7, 11) is 0. The Bertz CT molecular complexity index is 1280. The topological polar surface area (TPSA) is 128 Å². The van der Waals surface area contributed by atoms with Crippen molar-refractivity contribution in [2.24, 2.45) is 0 Å². The first-order valence-corrected chi connectivity index (χ1v) is 10.3. The van der Waals surface area contributed by atoms with Crippen LogP contribution in [0.15, 0.2) is 41.1 Å². The summed E-state index contributed by atoms with van der Waals surface area (Å²) in [6, 6.07) is 4.94. The molecule has 0 saturated heterocycles. The molecule has 13 heteroatoms. The van der Waals surface area contributed by atoms with Crippen molar-refractivity contribution < 1.29 is 36.8 Å². The maximum absolute atomic E-state index is 13.8. The molecular formula is C22H20F3N5O5. The van der Waals surface area contributed by atoms with Crippen LogP contribution < -0.4 is 25.4 Å². The lowest BCUT2D eigenvalue weighted by molar-refractivity contribution is -0.137. The van der Waals surface area contributed by atoms with Gasteiger partial charge < -0.3 is 24.6 Å². The number of pyridine rings is 1. The fourth-order valence-electron chi connectivity index (χ4n) is 3.06. The minimum atomic E-state index is -4.81. The van der Waals surface area contributed by atoms with E-state index in [2.05, 4.69) is 26.1 Å². The number of alkyl halides is 3. The van der Waals surface area contributed by atoms with E-state index < -0.39 is 29.4 Å². The molecule has 0 atom stereocenters. The number of amides is 3. The second-order valence-electron chi connectivity index (χ2n) is 8.54. The molecule has 184 valence electrons. The number of aromatic nitrogens is 2. The molecule has 1 aliphatic rings. The average Bonchev–Trinajstić information content (AvgIpc) is 3.23. The average molecular weight is 491 g/mol. The van der Waals surface area contributed by atoms with Crippen LogP contribution in [0.2, 0.25) is 0 Å². The predicted molar refractivity (Wildman–Crippen MR) is 118 cm³/mol. The Morgan fingerprint density at radius 2 is 1.91 bits per heavy atom. The molecule has 3 amide bonds. The van der Waals surface area contributed by atoms with Crippen LogP contribution in [0.4, 0.5) is 35.4 Å². The van der Waals surface area contributed by atoms with Gasteiger partial charge in [-0.15, -0.1) is 0 Å². The number of nitrogens with zero attached hydrogens (tertiary/aromatic N) is 2. The normalized spacial score (nSPS) is 13.4. The third-order valence-corrected chi connectivity index (χ3v) is 4.76. The Kier molecular flexibility index (Phi) is 6.01. The van der Waals surface area contributed by atoms with Crippen molar-refractivity contribution in [1.29, 1.82) is 0 Å². The first-order valence-electron chi connectivity index (χ1n) is 10.3. The number of hydrogen-bond acceptors (Lipinski definition) is 7. The van der Waals surface area contributed by atoms with Gasteiger partial charge in [-0.05, 0) is 18.2 Å². The summed E-state index contributed by atoms with van der Waals surface area (Å²) in [6.07, 6.45) is -3.50. The van der Waals surface area contributed by atoms with Crippen LogP contribution in [0.25, 0.3) is 0 Å². The van der Waals surface area contributed by atoms with Crippen molar-refractivity contribution in [2.45, 2.75) is 32.4 Å². The van der Waals surface area contributed by atoms with Gasteiger partial charge in [-0.1, -0.05) is 25.9 Å². The zero-order valence-electron chi connectivity index (χ0n) is 18.7. The summed E-state index contributed by atoms with van der Waals surface area (Å²) in [5, 5.41) is 10.8. The number of anilines is 3. The number of hydrogen-bond donors (Lipinski definition) is 3. The van der Waals surface area contributed by atoms with E-state index in [0.29, 0.717) is 5.69 Å². The lowest BCUT2D eigenvalue weighted by Crippen LogP contribution is -2.26. The van der Waals surface area contributed by atoms with Crippen molar-refractivity contribution in [2.75, 3.05) is 22.6 Å². The number of benzene rings is 1. The number of carbonyl (C=O) groups is 2. The summed E-state index contributed by atoms with van der Waals surface area (Å²) in [6.45, 7) is 5.37. The summed E-state index contributed by atoms with van der Waals surface area (Å²) < 4.78 is 57.2. The third-order valence-electron chi connectivity index (χ3n) is 4.76. The van der Waals surface area contributed by atoms with E-state index in [-0.39, 0.29) is 41.0 Å². The Labute approximate surface area is 196 Å². The molecule has 3 heterocycles. The van der Waals surface area contributed by atoms with Crippen molar-refractivity contribution in [3.63, 3.8) is 0 Å². The molecular weight excluding hydrogens is 471 g/mol. The Balaban J connectivity index is 1.54. The van der Waals surface area contributed by atoms with Crippen molar-refractivity contribution in [3.8, 4) is 17.2 Å². The molecule has 0 saturated carbocycles. The van der Waals surface area contributed by atoms with Gasteiger partial charge in [0.05, 0.1) is 16.9 Å². The summed E-state index contributed by atoms with van der Waals surface area (Å²) in [5.74, 6) is -0.384. The van der Waals surface area contributed by atoms with Crippen LogP contribution in [0.3, 0.4) is 0 Å². The summed E-state index contributed by atoms with van der Waals surface area (Å²) in [4.78, 5) is 27.7. The highest BCUT2D eigenvalue weighted by Gasteiger charge is 2.35. The van der Waals surface area contributed by atoms with E-state index >= 15 is 0 Å². The number of fused-ring (bicyclic) bond motifs is 1. The largest absolute Gasteiger partial charge is 0.476 e. The van der Waals surface area contributed by atoms with E-state index in [4.69, 9.17) is 14.0 Å². The SMILES string of the molecule is CC(C)(C)c1cc(NC(=O)Nc2ccc(Oc3ccnc4c3OCC(=O)N4)cc2C(F)(F)F)on1. The van der Waals surface area contributed by atoms with E-state index in [1.54, 1.807) is 0 Å². The van der Waals surface area contributed by atoms with Gasteiger partial charge in [0, 0.05) is 23.7 Å². The van der Waals surface area contributed by atoms with Crippen LogP contribution in [0.5, 0.6) is 17.2 Å². The molecule has 3 N–H and O–H groups in total. The molecule has 0 aliphatic carbocycles. The number of halogens is 3. The summed E-state index contributed by atoms with van der Waals surface area (Å²) >= 11 is 0. The third kappa shape index (κ3) is 5.45. The molecule has 3 aromatic rings. The Hall–Kier alpha value is -4.29. The van der Waals surface area contributed by atoms with Gasteiger partial charge in [0.1, 0.15) is 5.75 Å². The highest BCUT2D eigenvalue weighted by molar-refractivity contribution is 5.99. The Morgan fingerprint density at radius 1 is 1.14 bits per heavy atom. The number of ether oxygens (including phenoxy) is 2. The fraction of sp³-hybridized carbons (Fsp3) is 0.273. The van der Waals surface area contributed by atoms with E-state index in [1.807, 2.05) is 20.8 Å². The minimum absolute atomic E-state index is 0.0181. The maximum Gasteiger partial charge on any atom is 0.418 e. The number of urea groups is 1. The van der Waals surface area contributed by atoms with Gasteiger partial charge in [-0.25, -0.2) is 9.78 Å². The first kappa shape index (κ1) is 23.9. The number of carbonyl (C=O) groups excluding carboxylic acids is 2. The lowest BCUT2D eigenvalue weighted by Gasteiger charge is -2.20. The predicted octanol–water partition coefficient (Wildman–Crippen LogP) is 5.15. The molecule has 10 nitrogen and oxygen atoms in total. The van der Waals surface area contributed by atoms with Gasteiger partial charge in [-0.3, -0.25) is 10.1 Å². The van der Waals surface area contributed by atoms with Gasteiger partial charge in [0.15, 0.2) is 18.2 Å². The van der Waals surface area contributed by atoms with Crippen LogP contribution in [0, 0.1) is 0 Å². The standard InChI is InChI=1S/C22H20F3N5O5/c1-21(2,3)15-9-17(35-30-15)29-20(32)27-13-5-4-11(8-12(13)22(23,24)25)34-14-6-7-26-19-18(14)33-10-16(31)28-19/h4-9H,10H2,1-3H3,(H,26,28,31)(H2,27,29,32). The Morgan fingerprint density at radius 3 is 2.60 bits per heavy atom. The molecule has 0 spiro atoms. The zero-order valence-corrected chi connectivity index (χ0v) is 18.7. The molecule has 0 radical (unpaired) electrons. The van der Waals surface area contributed by atoms with Gasteiger partial charge in [0.2, 0.25) is 11.6 Å². The molecule has 4 rings (SSSR count).